The van der Waals surface area contributed by atoms with Gasteiger partial charge in [-0.05, 0) is 48.0 Å². The molecule has 0 aliphatic carbocycles. The fraction of sp³-hybridized carbons (Fsp3) is 0.0645. The summed E-state index contributed by atoms with van der Waals surface area (Å²) in [6.07, 6.45) is 1.81. The minimum atomic E-state index is -0.285. The van der Waals surface area contributed by atoms with Crippen molar-refractivity contribution in [2.75, 3.05) is 19.5 Å². The standard InChI is InChI=1S/C31H24N4O3/c1-37-27-17-16-20(19-28(27)38-2)18-26-31(36)34-23-13-7-6-12-22(23)30-33-25-15-9-8-14-24(25)32-29(35(26)30)21-10-4-3-5-11-21/h3-19H,1-2H3,(H,34,36)/b26-18+. The van der Waals surface area contributed by atoms with Crippen LogP contribution < -0.4 is 14.8 Å². The second-order valence-corrected chi connectivity index (χ2v) is 8.70. The molecule has 7 heteroatoms. The van der Waals surface area contributed by atoms with E-state index in [9.17, 15) is 4.79 Å². The summed E-state index contributed by atoms with van der Waals surface area (Å²) in [5, 5.41) is 3.08. The van der Waals surface area contributed by atoms with Gasteiger partial charge in [-0.1, -0.05) is 60.7 Å². The van der Waals surface area contributed by atoms with Crippen LogP contribution in [0, 0.1) is 0 Å². The van der Waals surface area contributed by atoms with Crippen LogP contribution in [0.3, 0.4) is 0 Å². The lowest BCUT2D eigenvalue weighted by molar-refractivity contribution is -0.113. The maximum atomic E-state index is 13.9. The van der Waals surface area contributed by atoms with E-state index in [-0.39, 0.29) is 5.91 Å². The van der Waals surface area contributed by atoms with Crippen molar-refractivity contribution in [1.82, 2.24) is 4.90 Å². The van der Waals surface area contributed by atoms with E-state index in [0.29, 0.717) is 40.2 Å². The van der Waals surface area contributed by atoms with E-state index in [1.165, 1.54) is 0 Å². The number of hydrogen-bond acceptors (Lipinski definition) is 6. The van der Waals surface area contributed by atoms with Crippen LogP contribution in [0.25, 0.3) is 6.08 Å². The quantitative estimate of drug-likeness (QED) is 0.340. The topological polar surface area (TPSA) is 75.5 Å². The first-order valence-corrected chi connectivity index (χ1v) is 12.1. The van der Waals surface area contributed by atoms with Gasteiger partial charge in [-0.2, -0.15) is 0 Å². The lowest BCUT2D eigenvalue weighted by Crippen LogP contribution is -2.38. The molecule has 2 aliphatic heterocycles. The Morgan fingerprint density at radius 3 is 2.13 bits per heavy atom. The number of carbonyl (C=O) groups is 1. The van der Waals surface area contributed by atoms with Crippen LogP contribution >= 0.6 is 0 Å². The summed E-state index contributed by atoms with van der Waals surface area (Å²) in [4.78, 5) is 25.9. The third-order valence-corrected chi connectivity index (χ3v) is 6.39. The van der Waals surface area contributed by atoms with Crippen LogP contribution in [0.15, 0.2) is 113 Å². The average molecular weight is 501 g/mol. The van der Waals surface area contributed by atoms with E-state index in [4.69, 9.17) is 19.5 Å². The Kier molecular flexibility index (Phi) is 5.94. The van der Waals surface area contributed by atoms with Gasteiger partial charge in [-0.15, -0.1) is 0 Å². The smallest absolute Gasteiger partial charge is 0.272 e. The zero-order valence-corrected chi connectivity index (χ0v) is 20.9. The van der Waals surface area contributed by atoms with Gasteiger partial charge in [0.2, 0.25) is 0 Å². The molecule has 0 bridgehead atoms. The fourth-order valence-corrected chi connectivity index (χ4v) is 4.58. The predicted octanol–water partition coefficient (Wildman–Crippen LogP) is 6.17. The van der Waals surface area contributed by atoms with Crippen LogP contribution in [-0.4, -0.2) is 36.7 Å². The molecule has 0 fully saturated rings. The summed E-state index contributed by atoms with van der Waals surface area (Å²) in [6, 6.07) is 30.7. The molecule has 6 rings (SSSR count). The molecule has 186 valence electrons. The maximum absolute atomic E-state index is 13.9. The molecule has 2 aliphatic rings. The average Bonchev–Trinajstić information content (AvgIpc) is 3.19. The number of amidine groups is 2. The van der Waals surface area contributed by atoms with Crippen molar-refractivity contribution in [1.29, 1.82) is 0 Å². The summed E-state index contributed by atoms with van der Waals surface area (Å²) in [5.41, 5.74) is 4.86. The molecule has 1 amide bonds. The number of nitrogens with one attached hydrogen (secondary N) is 1. The molecule has 0 saturated carbocycles. The second-order valence-electron chi connectivity index (χ2n) is 8.70. The minimum absolute atomic E-state index is 0.285. The summed E-state index contributed by atoms with van der Waals surface area (Å²) >= 11 is 0. The zero-order valence-electron chi connectivity index (χ0n) is 20.9. The van der Waals surface area contributed by atoms with Gasteiger partial charge in [0.1, 0.15) is 17.4 Å². The molecule has 4 aromatic carbocycles. The molecule has 0 aromatic heterocycles. The van der Waals surface area contributed by atoms with E-state index >= 15 is 0 Å². The van der Waals surface area contributed by atoms with Crippen LogP contribution in [-0.2, 0) is 4.79 Å². The van der Waals surface area contributed by atoms with E-state index in [0.717, 1.165) is 22.4 Å². The molecular weight excluding hydrogens is 476 g/mol. The van der Waals surface area contributed by atoms with Crippen LogP contribution in [0.5, 0.6) is 11.5 Å². The molecule has 0 saturated heterocycles. The molecule has 0 unspecified atom stereocenters. The SMILES string of the molecule is COc1ccc(/C=C2\C(=O)Nc3ccccc3C3=Nc4ccccc4N=C(c4ccccc4)N32)cc1OC. The van der Waals surface area contributed by atoms with Gasteiger partial charge in [0, 0.05) is 11.1 Å². The number of hydrogen-bond donors (Lipinski definition) is 1. The van der Waals surface area contributed by atoms with Crippen molar-refractivity contribution < 1.29 is 14.3 Å². The molecule has 0 spiro atoms. The number of benzene rings is 4. The molecule has 38 heavy (non-hydrogen) atoms. The van der Waals surface area contributed by atoms with E-state index in [2.05, 4.69) is 5.32 Å². The van der Waals surface area contributed by atoms with Gasteiger partial charge in [0.25, 0.3) is 5.91 Å². The lowest BCUT2D eigenvalue weighted by atomic mass is 10.1. The summed E-state index contributed by atoms with van der Waals surface area (Å²) in [5.74, 6) is 2.07. The number of fused-ring (bicyclic) bond motifs is 4. The van der Waals surface area contributed by atoms with Crippen LogP contribution in [0.2, 0.25) is 0 Å². The Balaban J connectivity index is 1.65. The third kappa shape index (κ3) is 4.10. The van der Waals surface area contributed by atoms with Gasteiger partial charge >= 0.3 is 0 Å². The van der Waals surface area contributed by atoms with Gasteiger partial charge in [-0.25, -0.2) is 9.98 Å². The Bertz CT molecular complexity index is 1640. The summed E-state index contributed by atoms with van der Waals surface area (Å²) < 4.78 is 10.9. The highest BCUT2D eigenvalue weighted by Crippen LogP contribution is 2.37. The number of rotatable bonds is 4. The number of ether oxygens (including phenoxy) is 2. The minimum Gasteiger partial charge on any atom is -0.493 e. The fourth-order valence-electron chi connectivity index (χ4n) is 4.58. The Hall–Kier alpha value is -5.17. The molecule has 0 radical (unpaired) electrons. The lowest BCUT2D eigenvalue weighted by Gasteiger charge is -2.26. The van der Waals surface area contributed by atoms with Crippen molar-refractivity contribution in [3.63, 3.8) is 0 Å². The predicted molar refractivity (Wildman–Crippen MR) is 150 cm³/mol. The second kappa shape index (κ2) is 9.71. The summed E-state index contributed by atoms with van der Waals surface area (Å²) in [7, 11) is 3.17. The van der Waals surface area contributed by atoms with Crippen molar-refractivity contribution in [3.05, 3.63) is 119 Å². The number of para-hydroxylation sites is 3. The van der Waals surface area contributed by atoms with Gasteiger partial charge in [0.05, 0.1) is 31.3 Å². The monoisotopic (exact) mass is 500 g/mol. The van der Waals surface area contributed by atoms with Crippen LogP contribution in [0.1, 0.15) is 16.7 Å². The highest BCUT2D eigenvalue weighted by atomic mass is 16.5. The van der Waals surface area contributed by atoms with E-state index in [1.54, 1.807) is 14.2 Å². The van der Waals surface area contributed by atoms with Gasteiger partial charge < -0.3 is 14.8 Å². The third-order valence-electron chi connectivity index (χ3n) is 6.39. The molecule has 2 heterocycles. The molecule has 1 N–H and O–H groups in total. The first kappa shape index (κ1) is 23.2. The number of aliphatic imine (C=N–C) groups is 2. The molecule has 0 atom stereocenters. The van der Waals surface area contributed by atoms with Crippen LogP contribution in [0.4, 0.5) is 17.1 Å². The Labute approximate surface area is 220 Å². The number of carbonyl (C=O) groups excluding carboxylic acids is 1. The van der Waals surface area contributed by atoms with Gasteiger partial charge in [-0.3, -0.25) is 9.69 Å². The molecule has 7 nitrogen and oxygen atoms in total. The summed E-state index contributed by atoms with van der Waals surface area (Å²) in [6.45, 7) is 0. The van der Waals surface area contributed by atoms with E-state index in [1.807, 2.05) is 108 Å². The largest absolute Gasteiger partial charge is 0.493 e. The van der Waals surface area contributed by atoms with Gasteiger partial charge in [0.15, 0.2) is 11.5 Å². The maximum Gasteiger partial charge on any atom is 0.272 e. The van der Waals surface area contributed by atoms with Crippen molar-refractivity contribution in [2.45, 2.75) is 0 Å². The number of amides is 1. The number of methoxy groups -OCH3 is 2. The Morgan fingerprint density at radius 1 is 0.737 bits per heavy atom. The number of nitrogens with zero attached hydrogens (tertiary/aromatic N) is 3. The Morgan fingerprint density at radius 2 is 1.39 bits per heavy atom. The first-order chi connectivity index (χ1) is 18.7. The van der Waals surface area contributed by atoms with Crippen molar-refractivity contribution >= 4 is 40.7 Å². The molecule has 4 aromatic rings. The zero-order chi connectivity index (χ0) is 26.1. The van der Waals surface area contributed by atoms with E-state index < -0.39 is 0 Å². The highest BCUT2D eigenvalue weighted by Gasteiger charge is 2.35. The normalized spacial score (nSPS) is 15.2. The first-order valence-electron chi connectivity index (χ1n) is 12.1. The van der Waals surface area contributed by atoms with Crippen molar-refractivity contribution in [2.24, 2.45) is 9.98 Å². The molecular formula is C31H24N4O3. The highest BCUT2D eigenvalue weighted by molar-refractivity contribution is 6.27. The number of anilines is 1. The van der Waals surface area contributed by atoms with Crippen molar-refractivity contribution in [3.8, 4) is 11.5 Å².